The predicted molar refractivity (Wildman–Crippen MR) is 63.0 cm³/mol. The smallest absolute Gasteiger partial charge is 0.132 e. The van der Waals surface area contributed by atoms with Crippen molar-refractivity contribution in [1.29, 1.82) is 0 Å². The lowest BCUT2D eigenvalue weighted by molar-refractivity contribution is 0.526. The molecule has 16 heavy (non-hydrogen) atoms. The molecule has 0 amide bonds. The van der Waals surface area contributed by atoms with Gasteiger partial charge in [-0.25, -0.2) is 13.2 Å². The highest BCUT2D eigenvalue weighted by atomic mass is 19.1. The highest BCUT2D eigenvalue weighted by molar-refractivity contribution is 5.20. The zero-order valence-corrected chi connectivity index (χ0v) is 10.7. The molecule has 1 aromatic carbocycles. The van der Waals surface area contributed by atoms with Crippen molar-refractivity contribution in [2.45, 2.75) is 47.5 Å². The Balaban J connectivity index is 0. The van der Waals surface area contributed by atoms with Crippen molar-refractivity contribution in [1.82, 2.24) is 0 Å². The van der Waals surface area contributed by atoms with Crippen LogP contribution in [0.25, 0.3) is 0 Å². The van der Waals surface area contributed by atoms with Gasteiger partial charge in [-0.1, -0.05) is 41.0 Å². The van der Waals surface area contributed by atoms with E-state index >= 15 is 0 Å². The zero-order valence-electron chi connectivity index (χ0n) is 10.7. The summed E-state index contributed by atoms with van der Waals surface area (Å²) in [6, 6.07) is 1.36. The second-order valence-corrected chi connectivity index (χ2v) is 2.91. The van der Waals surface area contributed by atoms with Gasteiger partial charge in [-0.2, -0.15) is 0 Å². The van der Waals surface area contributed by atoms with Gasteiger partial charge in [-0.05, 0) is 6.42 Å². The molecule has 0 fully saturated rings. The summed E-state index contributed by atoms with van der Waals surface area (Å²) in [4.78, 5) is 0. The SMILES string of the molecule is CC.CCC.CCc1c(F)cc(F)cc1F. The second kappa shape index (κ2) is 10.5. The van der Waals surface area contributed by atoms with Crippen molar-refractivity contribution in [3.63, 3.8) is 0 Å². The van der Waals surface area contributed by atoms with Gasteiger partial charge >= 0.3 is 0 Å². The van der Waals surface area contributed by atoms with Gasteiger partial charge in [0.1, 0.15) is 17.5 Å². The highest BCUT2D eigenvalue weighted by Crippen LogP contribution is 2.14. The van der Waals surface area contributed by atoms with Crippen LogP contribution in [0.2, 0.25) is 0 Å². The van der Waals surface area contributed by atoms with E-state index < -0.39 is 17.5 Å². The normalized spacial score (nSPS) is 8.50. The first-order chi connectivity index (χ1) is 7.56. The van der Waals surface area contributed by atoms with Gasteiger partial charge in [0.2, 0.25) is 0 Å². The van der Waals surface area contributed by atoms with Crippen LogP contribution in [-0.4, -0.2) is 0 Å². The van der Waals surface area contributed by atoms with Crippen molar-refractivity contribution in [3.8, 4) is 0 Å². The molecule has 0 bridgehead atoms. The lowest BCUT2D eigenvalue weighted by atomic mass is 10.1. The van der Waals surface area contributed by atoms with Crippen molar-refractivity contribution >= 4 is 0 Å². The van der Waals surface area contributed by atoms with Crippen LogP contribution in [-0.2, 0) is 6.42 Å². The van der Waals surface area contributed by atoms with Gasteiger partial charge in [0, 0.05) is 17.7 Å². The topological polar surface area (TPSA) is 0 Å². The molecule has 0 saturated carbocycles. The van der Waals surface area contributed by atoms with Crippen LogP contribution in [0.4, 0.5) is 13.2 Å². The Bertz CT molecular complexity index is 260. The van der Waals surface area contributed by atoms with Gasteiger partial charge in [0.05, 0.1) is 0 Å². The molecule has 0 aliphatic rings. The van der Waals surface area contributed by atoms with Gasteiger partial charge < -0.3 is 0 Å². The van der Waals surface area contributed by atoms with Crippen molar-refractivity contribution in [2.75, 3.05) is 0 Å². The first-order valence-corrected chi connectivity index (χ1v) is 5.70. The van der Waals surface area contributed by atoms with Crippen LogP contribution >= 0.6 is 0 Å². The molecule has 0 spiro atoms. The molecule has 1 aromatic rings. The van der Waals surface area contributed by atoms with Crippen LogP contribution in [0, 0.1) is 17.5 Å². The van der Waals surface area contributed by atoms with E-state index in [1.165, 1.54) is 6.42 Å². The Morgan fingerprint density at radius 3 is 1.44 bits per heavy atom. The Hall–Kier alpha value is -0.990. The second-order valence-electron chi connectivity index (χ2n) is 2.91. The maximum atomic E-state index is 12.6. The van der Waals surface area contributed by atoms with Gasteiger partial charge in [-0.15, -0.1) is 0 Å². The van der Waals surface area contributed by atoms with Gasteiger partial charge in [0.15, 0.2) is 0 Å². The Kier molecular flexibility index (Phi) is 11.5. The molecule has 0 radical (unpaired) electrons. The summed E-state index contributed by atoms with van der Waals surface area (Å²) in [5.74, 6) is -2.51. The lowest BCUT2D eigenvalue weighted by Crippen LogP contribution is -1.94. The Morgan fingerprint density at radius 2 is 1.19 bits per heavy atom. The molecular formula is C13H21F3. The average molecular weight is 234 g/mol. The fraction of sp³-hybridized carbons (Fsp3) is 0.538. The summed E-state index contributed by atoms with van der Waals surface area (Å²) in [6.07, 6.45) is 1.48. The number of benzene rings is 1. The van der Waals surface area contributed by atoms with E-state index in [-0.39, 0.29) is 12.0 Å². The van der Waals surface area contributed by atoms with Crippen LogP contribution in [0.15, 0.2) is 12.1 Å². The minimum absolute atomic E-state index is 0.0635. The number of hydrogen-bond donors (Lipinski definition) is 0. The highest BCUT2D eigenvalue weighted by Gasteiger charge is 2.08. The molecule has 0 nitrogen and oxygen atoms in total. The minimum atomic E-state index is -0.878. The molecule has 0 aromatic heterocycles. The molecule has 0 aliphatic heterocycles. The minimum Gasteiger partial charge on any atom is -0.207 e. The largest absolute Gasteiger partial charge is 0.207 e. The summed E-state index contributed by atoms with van der Waals surface area (Å²) in [6.45, 7) is 9.86. The maximum Gasteiger partial charge on any atom is 0.132 e. The molecular weight excluding hydrogens is 213 g/mol. The van der Waals surface area contributed by atoms with E-state index in [2.05, 4.69) is 13.8 Å². The van der Waals surface area contributed by atoms with Gasteiger partial charge in [-0.3, -0.25) is 0 Å². The number of rotatable bonds is 1. The molecule has 3 heteroatoms. The van der Waals surface area contributed by atoms with E-state index in [0.29, 0.717) is 12.1 Å². The summed E-state index contributed by atoms with van der Waals surface area (Å²) >= 11 is 0. The lowest BCUT2D eigenvalue weighted by Gasteiger charge is -2.00. The molecule has 0 aliphatic carbocycles. The van der Waals surface area contributed by atoms with Crippen LogP contribution in [0.3, 0.4) is 0 Å². The Labute approximate surface area is 96.5 Å². The molecule has 0 unspecified atom stereocenters. The van der Waals surface area contributed by atoms with Crippen LogP contribution in [0.1, 0.15) is 46.6 Å². The number of halogens is 3. The van der Waals surface area contributed by atoms with Crippen molar-refractivity contribution in [3.05, 3.63) is 35.1 Å². The molecule has 0 heterocycles. The standard InChI is InChI=1S/C8H7F3.C3H8.C2H6/c1-2-6-7(10)3-5(9)4-8(6)11;1-3-2;1-2/h3-4H,2H2,1H3;3H2,1-2H3;1-2H3. The van der Waals surface area contributed by atoms with Gasteiger partial charge in [0.25, 0.3) is 0 Å². The van der Waals surface area contributed by atoms with E-state index in [0.717, 1.165) is 0 Å². The summed E-state index contributed by atoms with van der Waals surface area (Å²) < 4.78 is 37.5. The van der Waals surface area contributed by atoms with E-state index in [9.17, 15) is 13.2 Å². The van der Waals surface area contributed by atoms with Crippen LogP contribution in [0.5, 0.6) is 0 Å². The zero-order chi connectivity index (χ0) is 13.1. The Morgan fingerprint density at radius 1 is 0.875 bits per heavy atom. The van der Waals surface area contributed by atoms with Crippen molar-refractivity contribution < 1.29 is 13.2 Å². The third kappa shape index (κ3) is 6.49. The maximum absolute atomic E-state index is 12.6. The van der Waals surface area contributed by atoms with E-state index in [1.807, 2.05) is 13.8 Å². The van der Waals surface area contributed by atoms with Crippen LogP contribution < -0.4 is 0 Å². The van der Waals surface area contributed by atoms with E-state index in [4.69, 9.17) is 0 Å². The molecule has 0 saturated heterocycles. The first kappa shape index (κ1) is 17.4. The molecule has 0 N–H and O–H groups in total. The predicted octanol–water partition coefficient (Wildman–Crippen LogP) is 5.11. The monoisotopic (exact) mass is 234 g/mol. The van der Waals surface area contributed by atoms with E-state index in [1.54, 1.807) is 6.92 Å². The van der Waals surface area contributed by atoms with Crippen molar-refractivity contribution in [2.24, 2.45) is 0 Å². The first-order valence-electron chi connectivity index (χ1n) is 5.70. The summed E-state index contributed by atoms with van der Waals surface area (Å²) in [7, 11) is 0. The fourth-order valence-corrected chi connectivity index (χ4v) is 0.910. The molecule has 94 valence electrons. The fourth-order valence-electron chi connectivity index (χ4n) is 0.910. The molecule has 1 rings (SSSR count). The summed E-state index contributed by atoms with van der Waals surface area (Å²) in [5.41, 5.74) is -0.0635. The molecule has 0 atom stereocenters. The average Bonchev–Trinajstić information content (AvgIpc) is 2.21. The quantitative estimate of drug-likeness (QED) is 0.633. The summed E-state index contributed by atoms with van der Waals surface area (Å²) in [5, 5.41) is 0. The number of hydrogen-bond acceptors (Lipinski definition) is 0. The third-order valence-electron chi connectivity index (χ3n) is 1.46. The third-order valence-corrected chi connectivity index (χ3v) is 1.46.